The lowest BCUT2D eigenvalue weighted by atomic mass is 9.46. The molecule has 3 rings (SSSR count). The Bertz CT molecular complexity index is 486. The molecular weight excluding hydrogens is 272 g/mol. The van der Waals surface area contributed by atoms with Crippen molar-refractivity contribution >= 4 is 0 Å². The van der Waals surface area contributed by atoms with Crippen LogP contribution in [0.3, 0.4) is 0 Å². The van der Waals surface area contributed by atoms with Gasteiger partial charge in [-0.1, -0.05) is 44.6 Å². The summed E-state index contributed by atoms with van der Waals surface area (Å²) in [5.41, 5.74) is 0.611. The van der Waals surface area contributed by atoms with Gasteiger partial charge in [0.25, 0.3) is 0 Å². The summed E-state index contributed by atoms with van der Waals surface area (Å²) < 4.78 is 0. The summed E-state index contributed by atoms with van der Waals surface area (Å²) in [6, 6.07) is 0. The second-order valence-electron chi connectivity index (χ2n) is 8.91. The van der Waals surface area contributed by atoms with E-state index in [0.717, 1.165) is 30.6 Å². The van der Waals surface area contributed by atoms with Crippen molar-refractivity contribution in [1.82, 2.24) is 0 Å². The van der Waals surface area contributed by atoms with Crippen LogP contribution in [-0.2, 0) is 0 Å². The molecule has 2 heteroatoms. The standard InChI is InChI=1S/C20H32O2/c1-12(7-6-10-19(3,4)22)14-11-16(21)20(5)15-9-8-13(2)17(15)18(14)20/h6,10,13-18,21-22H,1,7-9,11H2,2-5H3. The van der Waals surface area contributed by atoms with Crippen LogP contribution in [0.5, 0.6) is 0 Å². The maximum Gasteiger partial charge on any atom is 0.0771 e. The van der Waals surface area contributed by atoms with E-state index < -0.39 is 5.60 Å². The Hall–Kier alpha value is -0.600. The van der Waals surface area contributed by atoms with E-state index in [4.69, 9.17) is 0 Å². The van der Waals surface area contributed by atoms with Gasteiger partial charge < -0.3 is 10.2 Å². The molecule has 0 aromatic heterocycles. The summed E-state index contributed by atoms with van der Waals surface area (Å²) in [5.74, 6) is 3.39. The number of rotatable bonds is 4. The molecule has 0 amide bonds. The Morgan fingerprint density at radius 3 is 2.68 bits per heavy atom. The highest BCUT2D eigenvalue weighted by Crippen LogP contribution is 2.73. The summed E-state index contributed by atoms with van der Waals surface area (Å²) in [6.07, 6.45) is 8.06. The van der Waals surface area contributed by atoms with E-state index in [0.29, 0.717) is 11.8 Å². The topological polar surface area (TPSA) is 40.5 Å². The van der Waals surface area contributed by atoms with Gasteiger partial charge in [-0.25, -0.2) is 0 Å². The minimum Gasteiger partial charge on any atom is -0.393 e. The number of aliphatic hydroxyl groups is 2. The first kappa shape index (κ1) is 16.3. The molecule has 3 aliphatic carbocycles. The molecule has 0 aromatic rings. The SMILES string of the molecule is C=C(CC=CC(C)(C)O)C1CC(O)C2(C)C3CCC(C)C3C12. The number of fused-ring (bicyclic) bond motifs is 4. The van der Waals surface area contributed by atoms with Gasteiger partial charge in [0.15, 0.2) is 0 Å². The van der Waals surface area contributed by atoms with Crippen LogP contribution in [0.2, 0.25) is 0 Å². The van der Waals surface area contributed by atoms with Crippen LogP contribution < -0.4 is 0 Å². The van der Waals surface area contributed by atoms with Gasteiger partial charge in [-0.2, -0.15) is 0 Å². The first-order chi connectivity index (χ1) is 10.2. The second-order valence-corrected chi connectivity index (χ2v) is 8.91. The molecule has 2 N–H and O–H groups in total. The van der Waals surface area contributed by atoms with E-state index in [2.05, 4.69) is 20.4 Å². The molecule has 22 heavy (non-hydrogen) atoms. The predicted octanol–water partition coefficient (Wildman–Crippen LogP) is 3.94. The van der Waals surface area contributed by atoms with E-state index in [9.17, 15) is 10.2 Å². The minimum absolute atomic E-state index is 0.128. The molecule has 124 valence electrons. The van der Waals surface area contributed by atoms with E-state index in [1.807, 2.05) is 12.2 Å². The molecule has 0 radical (unpaired) electrons. The van der Waals surface area contributed by atoms with Gasteiger partial charge in [-0.05, 0) is 62.7 Å². The largest absolute Gasteiger partial charge is 0.393 e. The van der Waals surface area contributed by atoms with Crippen LogP contribution in [0.15, 0.2) is 24.3 Å². The van der Waals surface area contributed by atoms with Crippen molar-refractivity contribution in [1.29, 1.82) is 0 Å². The summed E-state index contributed by atoms with van der Waals surface area (Å²) in [6.45, 7) is 12.6. The lowest BCUT2D eigenvalue weighted by Crippen LogP contribution is -2.57. The van der Waals surface area contributed by atoms with Crippen molar-refractivity contribution in [3.63, 3.8) is 0 Å². The zero-order valence-corrected chi connectivity index (χ0v) is 14.5. The number of hydrogen-bond acceptors (Lipinski definition) is 2. The first-order valence-electron chi connectivity index (χ1n) is 8.92. The fourth-order valence-electron chi connectivity index (χ4n) is 5.98. The van der Waals surface area contributed by atoms with E-state index >= 15 is 0 Å². The molecular formula is C20H32O2. The molecule has 7 unspecified atom stereocenters. The number of allylic oxidation sites excluding steroid dienone is 2. The van der Waals surface area contributed by atoms with Crippen molar-refractivity contribution in [2.45, 2.75) is 65.1 Å². The maximum atomic E-state index is 10.7. The Morgan fingerprint density at radius 1 is 1.36 bits per heavy atom. The van der Waals surface area contributed by atoms with Crippen LogP contribution in [0.25, 0.3) is 0 Å². The predicted molar refractivity (Wildman–Crippen MR) is 90.3 cm³/mol. The van der Waals surface area contributed by atoms with Gasteiger partial charge in [-0.15, -0.1) is 0 Å². The van der Waals surface area contributed by atoms with Crippen molar-refractivity contribution in [3.05, 3.63) is 24.3 Å². The Morgan fingerprint density at radius 2 is 2.05 bits per heavy atom. The summed E-state index contributed by atoms with van der Waals surface area (Å²) >= 11 is 0. The van der Waals surface area contributed by atoms with E-state index in [1.165, 1.54) is 18.4 Å². The van der Waals surface area contributed by atoms with Crippen molar-refractivity contribution < 1.29 is 10.2 Å². The smallest absolute Gasteiger partial charge is 0.0771 e. The zero-order chi connectivity index (χ0) is 16.3. The van der Waals surface area contributed by atoms with Crippen molar-refractivity contribution in [3.8, 4) is 0 Å². The maximum absolute atomic E-state index is 10.7. The monoisotopic (exact) mass is 304 g/mol. The zero-order valence-electron chi connectivity index (χ0n) is 14.5. The fraction of sp³-hybridized carbons (Fsp3) is 0.800. The first-order valence-corrected chi connectivity index (χ1v) is 8.92. The highest BCUT2D eigenvalue weighted by atomic mass is 16.3. The average molecular weight is 304 g/mol. The number of hydrogen-bond donors (Lipinski definition) is 2. The molecule has 0 aliphatic heterocycles. The van der Waals surface area contributed by atoms with Crippen LogP contribution in [-0.4, -0.2) is 21.9 Å². The molecule has 0 spiro atoms. The third kappa shape index (κ3) is 2.30. The highest BCUT2D eigenvalue weighted by molar-refractivity contribution is 5.25. The van der Waals surface area contributed by atoms with Gasteiger partial charge in [-0.3, -0.25) is 0 Å². The van der Waals surface area contributed by atoms with Crippen LogP contribution in [0, 0.1) is 35.0 Å². The van der Waals surface area contributed by atoms with E-state index in [-0.39, 0.29) is 11.5 Å². The summed E-state index contributed by atoms with van der Waals surface area (Å²) in [4.78, 5) is 0. The molecule has 0 saturated heterocycles. The lowest BCUT2D eigenvalue weighted by Gasteiger charge is -2.58. The van der Waals surface area contributed by atoms with E-state index in [1.54, 1.807) is 13.8 Å². The van der Waals surface area contributed by atoms with Gasteiger partial charge in [0, 0.05) is 5.41 Å². The van der Waals surface area contributed by atoms with Crippen molar-refractivity contribution in [2.24, 2.45) is 35.0 Å². The quantitative estimate of drug-likeness (QED) is 0.772. The average Bonchev–Trinajstić information content (AvgIpc) is 2.82. The summed E-state index contributed by atoms with van der Waals surface area (Å²) in [5, 5.41) is 20.5. The molecule has 7 atom stereocenters. The van der Waals surface area contributed by atoms with Crippen LogP contribution in [0.4, 0.5) is 0 Å². The second kappa shape index (κ2) is 5.21. The Kier molecular flexibility index (Phi) is 3.85. The third-order valence-electron chi connectivity index (χ3n) is 7.05. The molecule has 3 saturated carbocycles. The van der Waals surface area contributed by atoms with Gasteiger partial charge in [0.05, 0.1) is 11.7 Å². The summed E-state index contributed by atoms with van der Waals surface area (Å²) in [7, 11) is 0. The third-order valence-corrected chi connectivity index (χ3v) is 7.05. The fourth-order valence-corrected chi connectivity index (χ4v) is 5.98. The molecule has 0 bridgehead atoms. The molecule has 3 aliphatic rings. The number of aliphatic hydroxyl groups excluding tert-OH is 1. The Balaban J connectivity index is 1.73. The molecule has 0 aromatic carbocycles. The Labute approximate surface area is 135 Å². The minimum atomic E-state index is -0.758. The molecule has 3 fully saturated rings. The van der Waals surface area contributed by atoms with Crippen molar-refractivity contribution in [2.75, 3.05) is 0 Å². The van der Waals surface area contributed by atoms with Crippen LogP contribution in [0.1, 0.15) is 53.4 Å². The van der Waals surface area contributed by atoms with Gasteiger partial charge >= 0.3 is 0 Å². The highest BCUT2D eigenvalue weighted by Gasteiger charge is 2.70. The van der Waals surface area contributed by atoms with Gasteiger partial charge in [0.2, 0.25) is 0 Å². The van der Waals surface area contributed by atoms with Gasteiger partial charge in [0.1, 0.15) is 0 Å². The normalized spacial score (nSPS) is 47.4. The lowest BCUT2D eigenvalue weighted by molar-refractivity contribution is -0.142. The van der Waals surface area contributed by atoms with Crippen LogP contribution >= 0.6 is 0 Å². The molecule has 2 nitrogen and oxygen atoms in total. The molecule has 0 heterocycles.